The lowest BCUT2D eigenvalue weighted by Crippen LogP contribution is -2.42. The first-order chi connectivity index (χ1) is 10.6. The number of rotatable bonds is 3. The van der Waals surface area contributed by atoms with Gasteiger partial charge in [-0.15, -0.1) is 0 Å². The summed E-state index contributed by atoms with van der Waals surface area (Å²) in [6.45, 7) is 0.716. The van der Waals surface area contributed by atoms with E-state index in [0.29, 0.717) is 19.4 Å². The van der Waals surface area contributed by atoms with Crippen LogP contribution >= 0.6 is 0 Å². The van der Waals surface area contributed by atoms with Crippen LogP contribution < -0.4 is 4.72 Å². The van der Waals surface area contributed by atoms with E-state index >= 15 is 0 Å². The summed E-state index contributed by atoms with van der Waals surface area (Å²) in [7, 11) is -3.72. The standard InChI is InChI=1S/C14H21N3O4S/c18-14(17-22(19,20)10-5-4-8-21-9-10)13-11-6-2-1-3-7-12(11)15-16-13/h10H,1-9H2,(H,15,16)(H,17,18)/t10-/m1/s1. The lowest BCUT2D eigenvalue weighted by Gasteiger charge is -2.22. The Morgan fingerprint density at radius 1 is 1.23 bits per heavy atom. The Morgan fingerprint density at radius 3 is 2.82 bits per heavy atom. The first kappa shape index (κ1) is 15.5. The van der Waals surface area contributed by atoms with Gasteiger partial charge in [0.1, 0.15) is 5.25 Å². The molecule has 1 aromatic rings. The number of carbonyl (C=O) groups is 1. The predicted molar refractivity (Wildman–Crippen MR) is 80.1 cm³/mol. The molecule has 7 nitrogen and oxygen atoms in total. The summed E-state index contributed by atoms with van der Waals surface area (Å²) in [6.07, 6.45) is 6.00. The highest BCUT2D eigenvalue weighted by Crippen LogP contribution is 2.22. The number of aryl methyl sites for hydroxylation is 1. The van der Waals surface area contributed by atoms with Gasteiger partial charge in [0.2, 0.25) is 10.0 Å². The summed E-state index contributed by atoms with van der Waals surface area (Å²) in [5.41, 5.74) is 2.04. The molecule has 8 heteroatoms. The van der Waals surface area contributed by atoms with Crippen LogP contribution in [-0.4, -0.2) is 43.0 Å². The minimum absolute atomic E-state index is 0.140. The van der Waals surface area contributed by atoms with Crippen LogP contribution in [0.25, 0.3) is 0 Å². The molecule has 1 amide bonds. The molecule has 2 aliphatic rings. The van der Waals surface area contributed by atoms with E-state index in [0.717, 1.165) is 43.4 Å². The summed E-state index contributed by atoms with van der Waals surface area (Å²) in [4.78, 5) is 12.3. The number of ether oxygens (including phenoxy) is 1. The lowest BCUT2D eigenvalue weighted by molar-refractivity contribution is 0.0949. The van der Waals surface area contributed by atoms with E-state index in [2.05, 4.69) is 14.9 Å². The summed E-state index contributed by atoms with van der Waals surface area (Å²) < 4.78 is 31.9. The molecule has 1 aliphatic carbocycles. The Hall–Kier alpha value is -1.41. The maximum Gasteiger partial charge on any atom is 0.285 e. The van der Waals surface area contributed by atoms with Gasteiger partial charge in [0.25, 0.3) is 5.91 Å². The van der Waals surface area contributed by atoms with Crippen molar-refractivity contribution < 1.29 is 17.9 Å². The fraction of sp³-hybridized carbons (Fsp3) is 0.714. The second kappa shape index (κ2) is 6.37. The molecule has 1 aliphatic heterocycles. The minimum Gasteiger partial charge on any atom is -0.380 e. The minimum atomic E-state index is -3.72. The van der Waals surface area contributed by atoms with E-state index in [1.165, 1.54) is 0 Å². The summed E-state index contributed by atoms with van der Waals surface area (Å²) in [5, 5.41) is 6.25. The molecule has 1 fully saturated rings. The van der Waals surface area contributed by atoms with Crippen molar-refractivity contribution in [3.05, 3.63) is 17.0 Å². The topological polar surface area (TPSA) is 101 Å². The summed E-state index contributed by atoms with van der Waals surface area (Å²) in [6, 6.07) is 0. The van der Waals surface area contributed by atoms with Gasteiger partial charge in [-0.3, -0.25) is 9.89 Å². The zero-order chi connectivity index (χ0) is 15.6. The number of aromatic amines is 1. The molecule has 1 aromatic heterocycles. The van der Waals surface area contributed by atoms with Crippen LogP contribution in [0, 0.1) is 0 Å². The van der Waals surface area contributed by atoms with Gasteiger partial charge < -0.3 is 4.74 Å². The number of sulfonamides is 1. The highest BCUT2D eigenvalue weighted by atomic mass is 32.2. The third-order valence-electron chi connectivity index (χ3n) is 4.31. The molecule has 0 radical (unpaired) electrons. The second-order valence-corrected chi connectivity index (χ2v) is 7.87. The lowest BCUT2D eigenvalue weighted by atomic mass is 10.1. The molecule has 0 saturated carbocycles. The van der Waals surface area contributed by atoms with Crippen molar-refractivity contribution in [2.45, 2.75) is 50.2 Å². The largest absolute Gasteiger partial charge is 0.380 e. The number of nitrogens with zero attached hydrogens (tertiary/aromatic N) is 1. The Morgan fingerprint density at radius 2 is 2.05 bits per heavy atom. The quantitative estimate of drug-likeness (QED) is 0.804. The zero-order valence-electron chi connectivity index (χ0n) is 12.4. The van der Waals surface area contributed by atoms with Crippen LogP contribution in [0.3, 0.4) is 0 Å². The van der Waals surface area contributed by atoms with Gasteiger partial charge >= 0.3 is 0 Å². The molecule has 0 unspecified atom stereocenters. The number of aromatic nitrogens is 2. The van der Waals surface area contributed by atoms with Crippen LogP contribution in [0.1, 0.15) is 53.8 Å². The van der Waals surface area contributed by atoms with Crippen LogP contribution in [-0.2, 0) is 27.6 Å². The van der Waals surface area contributed by atoms with Gasteiger partial charge in [0.15, 0.2) is 5.69 Å². The highest BCUT2D eigenvalue weighted by Gasteiger charge is 2.31. The number of carbonyl (C=O) groups excluding carboxylic acids is 1. The van der Waals surface area contributed by atoms with Gasteiger partial charge in [-0.25, -0.2) is 13.1 Å². The van der Waals surface area contributed by atoms with Gasteiger partial charge in [-0.05, 0) is 38.5 Å². The third kappa shape index (κ3) is 3.17. The fourth-order valence-electron chi connectivity index (χ4n) is 3.06. The SMILES string of the molecule is O=C(NS(=O)(=O)[C@@H]1CCCOC1)c1n[nH]c2c1CCCCC2. The van der Waals surface area contributed by atoms with Crippen molar-refractivity contribution >= 4 is 15.9 Å². The van der Waals surface area contributed by atoms with E-state index in [9.17, 15) is 13.2 Å². The molecule has 1 atom stereocenters. The van der Waals surface area contributed by atoms with Crippen LogP contribution in [0.2, 0.25) is 0 Å². The molecule has 2 N–H and O–H groups in total. The molecule has 1 saturated heterocycles. The number of nitrogens with one attached hydrogen (secondary N) is 2. The number of hydrogen-bond acceptors (Lipinski definition) is 5. The van der Waals surface area contributed by atoms with Crippen LogP contribution in [0.5, 0.6) is 0 Å². The normalized spacial score (nSPS) is 22.6. The number of fused-ring (bicyclic) bond motifs is 1. The summed E-state index contributed by atoms with van der Waals surface area (Å²) in [5.74, 6) is -0.634. The molecular formula is C14H21N3O4S. The van der Waals surface area contributed by atoms with Crippen LogP contribution in [0.4, 0.5) is 0 Å². The number of hydrogen-bond donors (Lipinski definition) is 2. The molecule has 0 aromatic carbocycles. The van der Waals surface area contributed by atoms with Crippen LogP contribution in [0.15, 0.2) is 0 Å². The molecular weight excluding hydrogens is 306 g/mol. The van der Waals surface area contributed by atoms with E-state index < -0.39 is 21.2 Å². The molecule has 2 heterocycles. The second-order valence-electron chi connectivity index (χ2n) is 5.91. The third-order valence-corrected chi connectivity index (χ3v) is 6.03. The van der Waals surface area contributed by atoms with Crippen molar-refractivity contribution in [2.24, 2.45) is 0 Å². The maximum absolute atomic E-state index is 12.3. The average Bonchev–Trinajstić information content (AvgIpc) is 2.77. The number of amides is 1. The Balaban J connectivity index is 1.75. The van der Waals surface area contributed by atoms with Crippen molar-refractivity contribution in [1.82, 2.24) is 14.9 Å². The van der Waals surface area contributed by atoms with Crippen molar-refractivity contribution in [2.75, 3.05) is 13.2 Å². The zero-order valence-corrected chi connectivity index (χ0v) is 13.2. The smallest absolute Gasteiger partial charge is 0.285 e. The Labute approximate surface area is 129 Å². The van der Waals surface area contributed by atoms with Crippen molar-refractivity contribution in [1.29, 1.82) is 0 Å². The Kier molecular flexibility index (Phi) is 4.49. The first-order valence-electron chi connectivity index (χ1n) is 7.78. The van der Waals surface area contributed by atoms with Gasteiger partial charge in [-0.1, -0.05) is 6.42 Å². The summed E-state index contributed by atoms with van der Waals surface area (Å²) >= 11 is 0. The molecule has 0 spiro atoms. The van der Waals surface area contributed by atoms with E-state index in [1.807, 2.05) is 0 Å². The number of H-pyrrole nitrogens is 1. The predicted octanol–water partition coefficient (Wildman–Crippen LogP) is 0.917. The first-order valence-corrected chi connectivity index (χ1v) is 9.32. The van der Waals surface area contributed by atoms with E-state index in [1.54, 1.807) is 0 Å². The highest BCUT2D eigenvalue weighted by molar-refractivity contribution is 7.90. The molecule has 3 rings (SSSR count). The molecule has 0 bridgehead atoms. The molecule has 22 heavy (non-hydrogen) atoms. The van der Waals surface area contributed by atoms with E-state index in [-0.39, 0.29) is 12.3 Å². The van der Waals surface area contributed by atoms with Crippen molar-refractivity contribution in [3.8, 4) is 0 Å². The average molecular weight is 327 g/mol. The maximum atomic E-state index is 12.3. The Bertz CT molecular complexity index is 647. The molecule has 122 valence electrons. The van der Waals surface area contributed by atoms with E-state index in [4.69, 9.17) is 4.74 Å². The van der Waals surface area contributed by atoms with Gasteiger partial charge in [0, 0.05) is 17.9 Å². The monoisotopic (exact) mass is 327 g/mol. The van der Waals surface area contributed by atoms with Gasteiger partial charge in [-0.2, -0.15) is 5.10 Å². The van der Waals surface area contributed by atoms with Gasteiger partial charge in [0.05, 0.1) is 6.61 Å². The van der Waals surface area contributed by atoms with Crippen molar-refractivity contribution in [3.63, 3.8) is 0 Å². The fourth-order valence-corrected chi connectivity index (χ4v) is 4.34.